The van der Waals surface area contributed by atoms with Crippen LogP contribution in [0, 0.1) is 0 Å². The predicted molar refractivity (Wildman–Crippen MR) is 57.0 cm³/mol. The number of methoxy groups -OCH3 is 1. The number of carbonyl (C=O) groups is 2. The molecule has 1 aromatic carbocycles. The van der Waals surface area contributed by atoms with E-state index in [1.54, 1.807) is 12.1 Å². The Balaban J connectivity index is 2.73. The number of carboxylic acid groups (broad SMARTS) is 1. The molecule has 1 rings (SSSR count). The SMILES string of the molecule is COC(=O)C[C@@H](N)c1ccc(C(=O)O)cc1. The Labute approximate surface area is 92.8 Å². The van der Waals surface area contributed by atoms with Crippen LogP contribution in [0.15, 0.2) is 24.3 Å². The zero-order valence-electron chi connectivity index (χ0n) is 8.84. The van der Waals surface area contributed by atoms with Crippen molar-refractivity contribution >= 4 is 11.9 Å². The van der Waals surface area contributed by atoms with E-state index in [0.717, 1.165) is 0 Å². The fraction of sp³-hybridized carbons (Fsp3) is 0.273. The van der Waals surface area contributed by atoms with Crippen LogP contribution in [0.2, 0.25) is 0 Å². The number of ether oxygens (including phenoxy) is 1. The summed E-state index contributed by atoms with van der Waals surface area (Å²) >= 11 is 0. The Morgan fingerprint density at radius 1 is 1.38 bits per heavy atom. The molecule has 1 aromatic rings. The normalized spacial score (nSPS) is 11.9. The lowest BCUT2D eigenvalue weighted by Crippen LogP contribution is -2.16. The standard InChI is InChI=1S/C11H13NO4/c1-16-10(13)6-9(12)7-2-4-8(5-3-7)11(14)15/h2-5,9H,6,12H2,1H3,(H,14,15)/t9-/m1/s1. The van der Waals surface area contributed by atoms with E-state index in [1.165, 1.54) is 19.2 Å². The van der Waals surface area contributed by atoms with Crippen molar-refractivity contribution in [2.75, 3.05) is 7.11 Å². The van der Waals surface area contributed by atoms with E-state index in [9.17, 15) is 9.59 Å². The van der Waals surface area contributed by atoms with Gasteiger partial charge in [0.2, 0.25) is 0 Å². The molecule has 0 amide bonds. The first-order valence-electron chi connectivity index (χ1n) is 4.70. The topological polar surface area (TPSA) is 89.6 Å². The molecule has 0 heterocycles. The van der Waals surface area contributed by atoms with Crippen molar-refractivity contribution in [2.45, 2.75) is 12.5 Å². The van der Waals surface area contributed by atoms with Gasteiger partial charge in [0.1, 0.15) is 0 Å². The molecular weight excluding hydrogens is 210 g/mol. The van der Waals surface area contributed by atoms with E-state index in [2.05, 4.69) is 4.74 Å². The maximum atomic E-state index is 11.0. The molecule has 0 aromatic heterocycles. The van der Waals surface area contributed by atoms with Gasteiger partial charge in [0.05, 0.1) is 19.1 Å². The quantitative estimate of drug-likeness (QED) is 0.741. The highest BCUT2D eigenvalue weighted by Crippen LogP contribution is 2.15. The summed E-state index contributed by atoms with van der Waals surface area (Å²) in [6.07, 6.45) is 0.0723. The number of aromatic carboxylic acids is 1. The van der Waals surface area contributed by atoms with Gasteiger partial charge < -0.3 is 15.6 Å². The lowest BCUT2D eigenvalue weighted by Gasteiger charge is -2.10. The van der Waals surface area contributed by atoms with Gasteiger partial charge in [-0.3, -0.25) is 4.79 Å². The van der Waals surface area contributed by atoms with Crippen LogP contribution in [0.5, 0.6) is 0 Å². The van der Waals surface area contributed by atoms with Gasteiger partial charge in [0.25, 0.3) is 0 Å². The lowest BCUT2D eigenvalue weighted by atomic mass is 10.0. The molecule has 3 N–H and O–H groups in total. The Bertz CT molecular complexity index is 385. The highest BCUT2D eigenvalue weighted by molar-refractivity contribution is 5.87. The van der Waals surface area contributed by atoms with Crippen molar-refractivity contribution in [3.05, 3.63) is 35.4 Å². The third-order valence-corrected chi connectivity index (χ3v) is 2.20. The van der Waals surface area contributed by atoms with Crippen LogP contribution in [0.3, 0.4) is 0 Å². The van der Waals surface area contributed by atoms with Crippen LogP contribution in [0.1, 0.15) is 28.4 Å². The van der Waals surface area contributed by atoms with Crippen molar-refractivity contribution in [3.63, 3.8) is 0 Å². The number of carbonyl (C=O) groups excluding carboxylic acids is 1. The average molecular weight is 223 g/mol. The molecule has 0 saturated carbocycles. The molecule has 0 radical (unpaired) electrons. The van der Waals surface area contributed by atoms with Crippen molar-refractivity contribution in [3.8, 4) is 0 Å². The summed E-state index contributed by atoms with van der Waals surface area (Å²) in [4.78, 5) is 21.6. The molecule has 0 saturated heterocycles. The summed E-state index contributed by atoms with van der Waals surface area (Å²) in [5.74, 6) is -1.39. The highest BCUT2D eigenvalue weighted by atomic mass is 16.5. The zero-order valence-corrected chi connectivity index (χ0v) is 8.84. The van der Waals surface area contributed by atoms with Crippen LogP contribution in [-0.2, 0) is 9.53 Å². The monoisotopic (exact) mass is 223 g/mol. The average Bonchev–Trinajstić information content (AvgIpc) is 2.28. The second kappa shape index (κ2) is 5.27. The Hall–Kier alpha value is -1.88. The van der Waals surface area contributed by atoms with Crippen LogP contribution in [0.4, 0.5) is 0 Å². The molecule has 0 unspecified atom stereocenters. The smallest absolute Gasteiger partial charge is 0.335 e. The maximum Gasteiger partial charge on any atom is 0.335 e. The van der Waals surface area contributed by atoms with Crippen LogP contribution < -0.4 is 5.73 Å². The van der Waals surface area contributed by atoms with E-state index >= 15 is 0 Å². The minimum atomic E-state index is -0.993. The number of esters is 1. The number of carboxylic acids is 1. The molecular formula is C11H13NO4. The molecule has 5 nitrogen and oxygen atoms in total. The van der Waals surface area contributed by atoms with Gasteiger partial charge in [-0.15, -0.1) is 0 Å². The van der Waals surface area contributed by atoms with E-state index in [-0.39, 0.29) is 12.0 Å². The molecule has 86 valence electrons. The fourth-order valence-electron chi connectivity index (χ4n) is 1.25. The number of hydrogen-bond acceptors (Lipinski definition) is 4. The van der Waals surface area contributed by atoms with Gasteiger partial charge in [-0.25, -0.2) is 4.79 Å². The molecule has 16 heavy (non-hydrogen) atoms. The van der Waals surface area contributed by atoms with Crippen LogP contribution in [-0.4, -0.2) is 24.2 Å². The van der Waals surface area contributed by atoms with E-state index in [4.69, 9.17) is 10.8 Å². The molecule has 0 aliphatic carbocycles. The van der Waals surface area contributed by atoms with E-state index in [0.29, 0.717) is 5.56 Å². The maximum absolute atomic E-state index is 11.0. The first kappa shape index (κ1) is 12.2. The molecule has 0 aliphatic heterocycles. The van der Waals surface area contributed by atoms with Crippen molar-refractivity contribution in [1.29, 1.82) is 0 Å². The van der Waals surface area contributed by atoms with Crippen molar-refractivity contribution in [1.82, 2.24) is 0 Å². The molecule has 0 bridgehead atoms. The van der Waals surface area contributed by atoms with Gasteiger partial charge in [0.15, 0.2) is 0 Å². The van der Waals surface area contributed by atoms with E-state index in [1.807, 2.05) is 0 Å². The second-order valence-corrected chi connectivity index (χ2v) is 3.31. The molecule has 1 atom stereocenters. The van der Waals surface area contributed by atoms with Gasteiger partial charge in [-0.2, -0.15) is 0 Å². The fourth-order valence-corrected chi connectivity index (χ4v) is 1.25. The van der Waals surface area contributed by atoms with Gasteiger partial charge in [-0.1, -0.05) is 12.1 Å². The number of nitrogens with two attached hydrogens (primary N) is 1. The third-order valence-electron chi connectivity index (χ3n) is 2.20. The van der Waals surface area contributed by atoms with Crippen molar-refractivity contribution < 1.29 is 19.4 Å². The highest BCUT2D eigenvalue weighted by Gasteiger charge is 2.12. The summed E-state index contributed by atoms with van der Waals surface area (Å²) in [6, 6.07) is 5.62. The largest absolute Gasteiger partial charge is 0.478 e. The summed E-state index contributed by atoms with van der Waals surface area (Å²) < 4.78 is 4.49. The summed E-state index contributed by atoms with van der Waals surface area (Å²) in [7, 11) is 1.29. The van der Waals surface area contributed by atoms with Crippen LogP contribution in [0.25, 0.3) is 0 Å². The van der Waals surface area contributed by atoms with Crippen LogP contribution >= 0.6 is 0 Å². The molecule has 0 aliphatic rings. The summed E-state index contributed by atoms with van der Waals surface area (Å²) in [5, 5.41) is 8.69. The summed E-state index contributed by atoms with van der Waals surface area (Å²) in [5.41, 5.74) is 6.64. The minimum Gasteiger partial charge on any atom is -0.478 e. The molecule has 0 fully saturated rings. The Morgan fingerprint density at radius 2 is 1.94 bits per heavy atom. The first-order chi connectivity index (χ1) is 7.54. The van der Waals surface area contributed by atoms with Gasteiger partial charge >= 0.3 is 11.9 Å². The molecule has 0 spiro atoms. The number of rotatable bonds is 4. The predicted octanol–water partition coefficient (Wildman–Crippen LogP) is 0.948. The van der Waals surface area contributed by atoms with Gasteiger partial charge in [0, 0.05) is 6.04 Å². The minimum absolute atomic E-state index is 0.0723. The van der Waals surface area contributed by atoms with E-state index < -0.39 is 18.0 Å². The third kappa shape index (κ3) is 3.06. The van der Waals surface area contributed by atoms with Gasteiger partial charge in [-0.05, 0) is 17.7 Å². The number of benzene rings is 1. The summed E-state index contributed by atoms with van der Waals surface area (Å²) in [6.45, 7) is 0. The molecule has 5 heteroatoms. The number of hydrogen-bond donors (Lipinski definition) is 2. The Morgan fingerprint density at radius 3 is 2.38 bits per heavy atom. The Kier molecular flexibility index (Phi) is 4.02. The second-order valence-electron chi connectivity index (χ2n) is 3.31. The zero-order chi connectivity index (χ0) is 12.1. The van der Waals surface area contributed by atoms with Crippen molar-refractivity contribution in [2.24, 2.45) is 5.73 Å². The lowest BCUT2D eigenvalue weighted by molar-refractivity contribution is -0.141. The first-order valence-corrected chi connectivity index (χ1v) is 4.70.